The first kappa shape index (κ1) is 18.0. The molecule has 0 aliphatic heterocycles. The Morgan fingerprint density at radius 1 is 1.08 bits per heavy atom. The van der Waals surface area contributed by atoms with Crippen LogP contribution in [-0.2, 0) is 22.7 Å². The topological polar surface area (TPSA) is 84.2 Å². The maximum atomic E-state index is 12.0. The van der Waals surface area contributed by atoms with E-state index in [0.717, 1.165) is 22.3 Å². The highest BCUT2D eigenvalue weighted by atomic mass is 35.5. The number of carbonyl (C=O) groups excluding carboxylic acids is 2. The van der Waals surface area contributed by atoms with Gasteiger partial charge in [0.1, 0.15) is 0 Å². The Labute approximate surface area is 146 Å². The van der Waals surface area contributed by atoms with Gasteiger partial charge in [-0.15, -0.1) is 0 Å². The fourth-order valence-electron chi connectivity index (χ4n) is 2.37. The van der Waals surface area contributed by atoms with E-state index < -0.39 is 11.8 Å². The number of rotatable bonds is 4. The molecule has 0 heterocycles. The van der Waals surface area contributed by atoms with Crippen LogP contribution in [0, 0.1) is 13.8 Å². The first-order chi connectivity index (χ1) is 11.4. The molecule has 0 aliphatic carbocycles. The van der Waals surface area contributed by atoms with E-state index in [-0.39, 0.29) is 6.54 Å². The third kappa shape index (κ3) is 4.57. The van der Waals surface area contributed by atoms with Crippen LogP contribution in [0.1, 0.15) is 22.3 Å². The normalized spacial score (nSPS) is 10.3. The number of nitrogens with two attached hydrogens (primary N) is 1. The highest BCUT2D eigenvalue weighted by Crippen LogP contribution is 2.27. The summed E-state index contributed by atoms with van der Waals surface area (Å²) in [5, 5.41) is 5.55. The van der Waals surface area contributed by atoms with E-state index in [1.54, 1.807) is 6.07 Å². The summed E-state index contributed by atoms with van der Waals surface area (Å²) < 4.78 is 0. The Balaban J connectivity index is 1.99. The summed E-state index contributed by atoms with van der Waals surface area (Å²) in [5.41, 5.74) is 9.67. The average molecular weight is 346 g/mol. The van der Waals surface area contributed by atoms with Gasteiger partial charge in [-0.05, 0) is 42.2 Å². The Morgan fingerprint density at radius 2 is 1.79 bits per heavy atom. The van der Waals surface area contributed by atoms with Crippen molar-refractivity contribution < 1.29 is 9.59 Å². The number of aryl methyl sites for hydroxylation is 2. The van der Waals surface area contributed by atoms with Gasteiger partial charge in [-0.2, -0.15) is 0 Å². The molecule has 4 N–H and O–H groups in total. The number of anilines is 1. The third-order valence-corrected chi connectivity index (χ3v) is 3.85. The molecular formula is C18H20ClN3O2. The van der Waals surface area contributed by atoms with Gasteiger partial charge in [0.05, 0.1) is 10.7 Å². The number of nitrogens with one attached hydrogen (secondary N) is 2. The molecule has 2 aromatic rings. The van der Waals surface area contributed by atoms with E-state index >= 15 is 0 Å². The van der Waals surface area contributed by atoms with Crippen molar-refractivity contribution in [1.29, 1.82) is 0 Å². The molecule has 0 bridgehead atoms. The van der Waals surface area contributed by atoms with E-state index in [1.807, 2.05) is 44.2 Å². The van der Waals surface area contributed by atoms with Crippen LogP contribution in [0.4, 0.5) is 5.69 Å². The van der Waals surface area contributed by atoms with Crippen LogP contribution < -0.4 is 16.4 Å². The largest absolute Gasteiger partial charge is 0.344 e. The van der Waals surface area contributed by atoms with E-state index in [4.69, 9.17) is 17.3 Å². The van der Waals surface area contributed by atoms with Crippen molar-refractivity contribution in [2.45, 2.75) is 26.9 Å². The summed E-state index contributed by atoms with van der Waals surface area (Å²) in [4.78, 5) is 24.0. The number of halogens is 1. The van der Waals surface area contributed by atoms with Gasteiger partial charge in [-0.1, -0.05) is 41.9 Å². The Bertz CT molecular complexity index is 752. The summed E-state index contributed by atoms with van der Waals surface area (Å²) >= 11 is 6.13. The summed E-state index contributed by atoms with van der Waals surface area (Å²) in [7, 11) is 0. The van der Waals surface area contributed by atoms with Gasteiger partial charge in [0.2, 0.25) is 0 Å². The summed E-state index contributed by atoms with van der Waals surface area (Å²) in [5.74, 6) is -1.47. The quantitative estimate of drug-likeness (QED) is 0.745. The van der Waals surface area contributed by atoms with Crippen molar-refractivity contribution in [2.75, 3.05) is 5.32 Å². The summed E-state index contributed by atoms with van der Waals surface area (Å²) in [6, 6.07) is 11.1. The Hall–Kier alpha value is -2.37. The second-order valence-corrected chi connectivity index (χ2v) is 6.01. The van der Waals surface area contributed by atoms with E-state index in [2.05, 4.69) is 10.6 Å². The van der Waals surface area contributed by atoms with Gasteiger partial charge in [-0.25, -0.2) is 0 Å². The predicted octanol–water partition coefficient (Wildman–Crippen LogP) is 2.67. The minimum absolute atomic E-state index is 0.251. The highest BCUT2D eigenvalue weighted by Gasteiger charge is 2.16. The molecule has 2 rings (SSSR count). The molecule has 0 aliphatic rings. The van der Waals surface area contributed by atoms with Crippen LogP contribution in [0.15, 0.2) is 36.4 Å². The monoisotopic (exact) mass is 345 g/mol. The minimum atomic E-state index is -0.751. The van der Waals surface area contributed by atoms with Crippen LogP contribution in [-0.4, -0.2) is 11.8 Å². The van der Waals surface area contributed by atoms with Crippen molar-refractivity contribution >= 4 is 29.1 Å². The zero-order chi connectivity index (χ0) is 17.7. The fraction of sp³-hybridized carbons (Fsp3) is 0.222. The van der Waals surface area contributed by atoms with Gasteiger partial charge >= 0.3 is 11.8 Å². The molecule has 0 unspecified atom stereocenters. The van der Waals surface area contributed by atoms with Crippen molar-refractivity contribution in [3.05, 3.63) is 63.7 Å². The van der Waals surface area contributed by atoms with Gasteiger partial charge in [0.25, 0.3) is 0 Å². The molecular weight excluding hydrogens is 326 g/mol. The maximum absolute atomic E-state index is 12.0. The molecule has 0 radical (unpaired) electrons. The van der Waals surface area contributed by atoms with Crippen LogP contribution in [0.5, 0.6) is 0 Å². The van der Waals surface area contributed by atoms with E-state index in [0.29, 0.717) is 17.3 Å². The van der Waals surface area contributed by atoms with Crippen molar-refractivity contribution in [3.8, 4) is 0 Å². The molecule has 5 nitrogen and oxygen atoms in total. The predicted molar refractivity (Wildman–Crippen MR) is 95.7 cm³/mol. The molecule has 0 saturated heterocycles. The summed E-state index contributed by atoms with van der Waals surface area (Å²) in [6.07, 6.45) is 0. The van der Waals surface area contributed by atoms with Crippen LogP contribution in [0.25, 0.3) is 0 Å². The first-order valence-corrected chi connectivity index (χ1v) is 7.92. The molecule has 0 spiro atoms. The average Bonchev–Trinajstić information content (AvgIpc) is 2.55. The zero-order valence-electron chi connectivity index (χ0n) is 13.7. The van der Waals surface area contributed by atoms with Crippen molar-refractivity contribution in [3.63, 3.8) is 0 Å². The number of amides is 2. The number of carbonyl (C=O) groups is 2. The smallest absolute Gasteiger partial charge is 0.313 e. The highest BCUT2D eigenvalue weighted by molar-refractivity contribution is 6.41. The number of benzene rings is 2. The fourth-order valence-corrected chi connectivity index (χ4v) is 2.74. The van der Waals surface area contributed by atoms with Crippen molar-refractivity contribution in [1.82, 2.24) is 5.32 Å². The van der Waals surface area contributed by atoms with E-state index in [1.165, 1.54) is 0 Å². The molecule has 126 valence electrons. The van der Waals surface area contributed by atoms with Gasteiger partial charge < -0.3 is 16.4 Å². The van der Waals surface area contributed by atoms with Gasteiger partial charge in [0, 0.05) is 13.1 Å². The lowest BCUT2D eigenvalue weighted by Crippen LogP contribution is -2.35. The van der Waals surface area contributed by atoms with Crippen LogP contribution >= 0.6 is 11.6 Å². The van der Waals surface area contributed by atoms with Crippen molar-refractivity contribution in [2.24, 2.45) is 5.73 Å². The molecule has 2 amide bonds. The number of hydrogen-bond acceptors (Lipinski definition) is 3. The second-order valence-electron chi connectivity index (χ2n) is 5.60. The minimum Gasteiger partial charge on any atom is -0.344 e. The Kier molecular flexibility index (Phi) is 5.95. The molecule has 2 aromatic carbocycles. The summed E-state index contributed by atoms with van der Waals surface area (Å²) in [6.45, 7) is 4.41. The second kappa shape index (κ2) is 7.95. The molecule has 6 heteroatoms. The lowest BCUT2D eigenvalue weighted by atomic mass is 10.1. The maximum Gasteiger partial charge on any atom is 0.313 e. The van der Waals surface area contributed by atoms with E-state index in [9.17, 15) is 9.59 Å². The zero-order valence-corrected chi connectivity index (χ0v) is 14.4. The van der Waals surface area contributed by atoms with Gasteiger partial charge in [-0.3, -0.25) is 9.59 Å². The van der Waals surface area contributed by atoms with Gasteiger partial charge in [0.15, 0.2) is 0 Å². The molecule has 24 heavy (non-hydrogen) atoms. The standard InChI is InChI=1S/C18H20ClN3O2/c1-11-6-12(2)16(15(19)7-11)22-18(24)17(23)21-10-14-5-3-4-13(8-14)9-20/h3-8H,9-10,20H2,1-2H3,(H,21,23)(H,22,24). The van der Waals surface area contributed by atoms with Crippen LogP contribution in [0.2, 0.25) is 5.02 Å². The third-order valence-electron chi connectivity index (χ3n) is 3.56. The SMILES string of the molecule is Cc1cc(C)c(NC(=O)C(=O)NCc2cccc(CN)c2)c(Cl)c1. The Morgan fingerprint density at radius 3 is 2.46 bits per heavy atom. The van der Waals surface area contributed by atoms with Crippen LogP contribution in [0.3, 0.4) is 0 Å². The lowest BCUT2D eigenvalue weighted by Gasteiger charge is -2.12. The first-order valence-electron chi connectivity index (χ1n) is 7.54. The molecule has 0 fully saturated rings. The molecule has 0 saturated carbocycles. The lowest BCUT2D eigenvalue weighted by molar-refractivity contribution is -0.136. The molecule has 0 aromatic heterocycles. The molecule has 0 atom stereocenters. The number of hydrogen-bond donors (Lipinski definition) is 3.